The number of imidazole rings is 1. The Morgan fingerprint density at radius 1 is 1.26 bits per heavy atom. The van der Waals surface area contributed by atoms with Gasteiger partial charge in [0.25, 0.3) is 0 Å². The van der Waals surface area contributed by atoms with E-state index in [1.165, 1.54) is 12.5 Å². The van der Waals surface area contributed by atoms with Crippen molar-refractivity contribution in [3.8, 4) is 17.2 Å². The van der Waals surface area contributed by atoms with Gasteiger partial charge in [-0.25, -0.2) is 19.7 Å². The quantitative estimate of drug-likeness (QED) is 0.795. The Bertz CT molecular complexity index is 859. The van der Waals surface area contributed by atoms with E-state index in [9.17, 15) is 4.79 Å². The third-order valence-corrected chi connectivity index (χ3v) is 3.55. The van der Waals surface area contributed by atoms with Crippen LogP contribution in [0.15, 0.2) is 42.9 Å². The maximum Gasteiger partial charge on any atom is 0.356 e. The summed E-state index contributed by atoms with van der Waals surface area (Å²) in [7, 11) is 0. The van der Waals surface area contributed by atoms with Gasteiger partial charge in [-0.2, -0.15) is 0 Å². The van der Waals surface area contributed by atoms with Gasteiger partial charge >= 0.3 is 5.97 Å². The van der Waals surface area contributed by atoms with Crippen molar-refractivity contribution in [3.63, 3.8) is 0 Å². The summed E-state index contributed by atoms with van der Waals surface area (Å²) in [6, 6.07) is 9.05. The summed E-state index contributed by atoms with van der Waals surface area (Å²) in [6.07, 6.45) is 3.59. The molecule has 0 aliphatic rings. The second kappa shape index (κ2) is 6.18. The Balaban J connectivity index is 2.08. The van der Waals surface area contributed by atoms with Gasteiger partial charge in [0.05, 0.1) is 0 Å². The third kappa shape index (κ3) is 3.22. The zero-order valence-corrected chi connectivity index (χ0v) is 13.0. The van der Waals surface area contributed by atoms with Crippen LogP contribution in [0, 0.1) is 0 Å². The Labute approximate surface area is 137 Å². The first-order valence-electron chi connectivity index (χ1n) is 6.98. The molecule has 2 aromatic heterocycles. The molecule has 7 heteroatoms. The van der Waals surface area contributed by atoms with E-state index in [0.29, 0.717) is 16.7 Å². The van der Waals surface area contributed by atoms with Crippen molar-refractivity contribution >= 4 is 17.6 Å². The van der Waals surface area contributed by atoms with Crippen LogP contribution in [0.1, 0.15) is 23.1 Å². The van der Waals surface area contributed by atoms with E-state index in [0.717, 1.165) is 17.7 Å². The van der Waals surface area contributed by atoms with Crippen molar-refractivity contribution in [3.05, 3.63) is 59.3 Å². The Morgan fingerprint density at radius 3 is 2.61 bits per heavy atom. The van der Waals surface area contributed by atoms with E-state index in [1.807, 2.05) is 25.1 Å². The van der Waals surface area contributed by atoms with Crippen LogP contribution in [0.2, 0.25) is 5.02 Å². The summed E-state index contributed by atoms with van der Waals surface area (Å²) >= 11 is 5.91. The second-order valence-electron chi connectivity index (χ2n) is 4.87. The van der Waals surface area contributed by atoms with Gasteiger partial charge in [0.2, 0.25) is 0 Å². The van der Waals surface area contributed by atoms with Crippen LogP contribution in [-0.4, -0.2) is 30.6 Å². The number of carbonyl (C=O) groups is 1. The molecule has 1 N–H and O–H groups in total. The monoisotopic (exact) mass is 328 g/mol. The largest absolute Gasteiger partial charge is 0.476 e. The average molecular weight is 329 g/mol. The lowest BCUT2D eigenvalue weighted by Gasteiger charge is -2.08. The highest BCUT2D eigenvalue weighted by atomic mass is 35.5. The Kier molecular flexibility index (Phi) is 4.08. The number of carboxylic acid groups (broad SMARTS) is 1. The molecule has 0 unspecified atom stereocenters. The molecule has 2 heterocycles. The van der Waals surface area contributed by atoms with Crippen LogP contribution < -0.4 is 0 Å². The molecule has 0 aliphatic carbocycles. The molecule has 0 atom stereocenters. The molecule has 1 aromatic carbocycles. The molecule has 0 saturated carbocycles. The first-order valence-corrected chi connectivity index (χ1v) is 7.36. The number of nitrogens with zero attached hydrogens (tertiary/aromatic N) is 4. The van der Waals surface area contributed by atoms with Crippen molar-refractivity contribution in [2.24, 2.45) is 0 Å². The van der Waals surface area contributed by atoms with Crippen LogP contribution in [0.5, 0.6) is 0 Å². The molecule has 3 aromatic rings. The molecule has 0 aliphatic heterocycles. The molecule has 6 nitrogen and oxygen atoms in total. The summed E-state index contributed by atoms with van der Waals surface area (Å²) < 4.78 is 1.57. The third-order valence-electron chi connectivity index (χ3n) is 3.30. The molecule has 0 radical (unpaired) electrons. The van der Waals surface area contributed by atoms with Gasteiger partial charge in [-0.3, -0.25) is 4.57 Å². The van der Waals surface area contributed by atoms with E-state index in [-0.39, 0.29) is 5.69 Å². The number of aryl methyl sites for hydroxylation is 1. The molecule has 0 bridgehead atoms. The minimum Gasteiger partial charge on any atom is -0.476 e. The van der Waals surface area contributed by atoms with Crippen LogP contribution in [0.25, 0.3) is 17.2 Å². The number of benzene rings is 1. The van der Waals surface area contributed by atoms with E-state index < -0.39 is 5.97 Å². The predicted octanol–water partition coefficient (Wildman–Crippen LogP) is 3.24. The second-order valence-corrected chi connectivity index (χ2v) is 5.31. The van der Waals surface area contributed by atoms with Crippen LogP contribution in [-0.2, 0) is 6.42 Å². The highest BCUT2D eigenvalue weighted by Crippen LogP contribution is 2.20. The number of aromatic nitrogens is 4. The Hall–Kier alpha value is -2.73. The van der Waals surface area contributed by atoms with Crippen molar-refractivity contribution in [1.82, 2.24) is 19.5 Å². The number of halogens is 1. The van der Waals surface area contributed by atoms with E-state index in [4.69, 9.17) is 16.7 Å². The van der Waals surface area contributed by atoms with Gasteiger partial charge in [-0.05, 0) is 30.7 Å². The lowest BCUT2D eigenvalue weighted by molar-refractivity contribution is 0.0691. The summed E-state index contributed by atoms with van der Waals surface area (Å²) in [5.41, 5.74) is 1.66. The first-order chi connectivity index (χ1) is 11.1. The summed E-state index contributed by atoms with van der Waals surface area (Å²) in [6.45, 7) is 1.99. The molecule has 116 valence electrons. The molecule has 0 amide bonds. The number of carboxylic acids is 1. The molecule has 23 heavy (non-hydrogen) atoms. The summed E-state index contributed by atoms with van der Waals surface area (Å²) in [5, 5.41) is 9.62. The minimum absolute atomic E-state index is 0.0327. The normalized spacial score (nSPS) is 10.7. The summed E-state index contributed by atoms with van der Waals surface area (Å²) in [5.74, 6) is 0.0508. The molecule has 0 fully saturated rings. The lowest BCUT2D eigenvalue weighted by Crippen LogP contribution is -2.02. The topological polar surface area (TPSA) is 80.9 Å². The zero-order chi connectivity index (χ0) is 16.4. The summed E-state index contributed by atoms with van der Waals surface area (Å²) in [4.78, 5) is 23.8. The van der Waals surface area contributed by atoms with Gasteiger partial charge in [-0.1, -0.05) is 18.5 Å². The average Bonchev–Trinajstić information content (AvgIpc) is 3.05. The predicted molar refractivity (Wildman–Crippen MR) is 85.9 cm³/mol. The number of aromatic carboxylic acids is 1. The molecule has 0 spiro atoms. The SMILES string of the molecule is CCc1cc(-n2cnc(C(=O)O)c2)nc(-c2ccc(Cl)cc2)n1. The van der Waals surface area contributed by atoms with Crippen LogP contribution >= 0.6 is 11.6 Å². The van der Waals surface area contributed by atoms with Gasteiger partial charge in [0, 0.05) is 28.5 Å². The molecule has 3 rings (SSSR count). The first kappa shape index (κ1) is 15.2. The van der Waals surface area contributed by atoms with Crippen LogP contribution in [0.3, 0.4) is 0 Å². The highest BCUT2D eigenvalue weighted by Gasteiger charge is 2.11. The lowest BCUT2D eigenvalue weighted by atomic mass is 10.2. The van der Waals surface area contributed by atoms with Gasteiger partial charge in [-0.15, -0.1) is 0 Å². The van der Waals surface area contributed by atoms with Crippen molar-refractivity contribution < 1.29 is 9.90 Å². The highest BCUT2D eigenvalue weighted by molar-refractivity contribution is 6.30. The molecule has 0 saturated heterocycles. The maximum atomic E-state index is 11.0. The van der Waals surface area contributed by atoms with Crippen LogP contribution in [0.4, 0.5) is 0 Å². The minimum atomic E-state index is -1.08. The molecular formula is C16H13ClN4O2. The molecular weight excluding hydrogens is 316 g/mol. The van der Waals surface area contributed by atoms with Gasteiger partial charge in [0.1, 0.15) is 12.1 Å². The van der Waals surface area contributed by atoms with Crippen molar-refractivity contribution in [2.75, 3.05) is 0 Å². The zero-order valence-electron chi connectivity index (χ0n) is 12.3. The van der Waals surface area contributed by atoms with Gasteiger partial charge < -0.3 is 5.11 Å². The number of rotatable bonds is 4. The number of hydrogen-bond acceptors (Lipinski definition) is 4. The van der Waals surface area contributed by atoms with Crippen molar-refractivity contribution in [2.45, 2.75) is 13.3 Å². The van der Waals surface area contributed by atoms with Crippen molar-refractivity contribution in [1.29, 1.82) is 0 Å². The van der Waals surface area contributed by atoms with E-state index in [2.05, 4.69) is 15.0 Å². The smallest absolute Gasteiger partial charge is 0.356 e. The van der Waals surface area contributed by atoms with E-state index >= 15 is 0 Å². The number of hydrogen-bond donors (Lipinski definition) is 1. The maximum absolute atomic E-state index is 11.0. The fourth-order valence-electron chi connectivity index (χ4n) is 2.08. The fourth-order valence-corrected chi connectivity index (χ4v) is 2.21. The van der Waals surface area contributed by atoms with E-state index in [1.54, 1.807) is 16.7 Å². The van der Waals surface area contributed by atoms with Gasteiger partial charge in [0.15, 0.2) is 11.5 Å². The standard InChI is InChI=1S/C16H13ClN4O2/c1-2-12-7-14(21-8-13(16(22)23)18-9-21)20-15(19-12)10-3-5-11(17)6-4-10/h3-9H,2H2,1H3,(H,22,23). The Morgan fingerprint density at radius 2 is 2.00 bits per heavy atom. The fraction of sp³-hybridized carbons (Fsp3) is 0.125.